The molecule has 20 heavy (non-hydrogen) atoms. The number of rotatable bonds is 6. The molecule has 4 heteroatoms. The highest BCUT2D eigenvalue weighted by Crippen LogP contribution is 2.28. The Hall–Kier alpha value is -1.23. The molecule has 0 aliphatic carbocycles. The summed E-state index contributed by atoms with van der Waals surface area (Å²) in [6.07, 6.45) is 0.813. The quantitative estimate of drug-likeness (QED) is 0.877. The molecule has 1 aromatic carbocycles. The van der Waals surface area contributed by atoms with Crippen molar-refractivity contribution < 1.29 is 4.39 Å². The summed E-state index contributed by atoms with van der Waals surface area (Å²) >= 11 is 1.71. The van der Waals surface area contributed by atoms with Gasteiger partial charge >= 0.3 is 0 Å². The van der Waals surface area contributed by atoms with Gasteiger partial charge in [-0.25, -0.2) is 4.39 Å². The van der Waals surface area contributed by atoms with Crippen LogP contribution in [0.25, 0.3) is 0 Å². The molecule has 2 unspecified atom stereocenters. The molecule has 0 radical (unpaired) electrons. The van der Waals surface area contributed by atoms with Gasteiger partial charge in [-0.15, -0.1) is 11.3 Å². The first-order chi connectivity index (χ1) is 9.63. The molecule has 2 N–H and O–H groups in total. The molecular formula is C16H21FN2S. The van der Waals surface area contributed by atoms with Crippen LogP contribution in [-0.2, 0) is 6.54 Å². The highest BCUT2D eigenvalue weighted by atomic mass is 32.1. The van der Waals surface area contributed by atoms with Crippen LogP contribution in [0.1, 0.15) is 29.8 Å². The van der Waals surface area contributed by atoms with E-state index in [1.165, 1.54) is 10.9 Å². The fraction of sp³-hybridized carbons (Fsp3) is 0.375. The van der Waals surface area contributed by atoms with E-state index in [4.69, 9.17) is 5.73 Å². The van der Waals surface area contributed by atoms with Gasteiger partial charge in [0.25, 0.3) is 0 Å². The smallest absolute Gasteiger partial charge is 0.128 e. The summed E-state index contributed by atoms with van der Waals surface area (Å²) < 4.78 is 14.1. The van der Waals surface area contributed by atoms with Crippen LogP contribution in [0.15, 0.2) is 41.8 Å². The molecule has 0 fully saturated rings. The molecule has 0 aliphatic rings. The van der Waals surface area contributed by atoms with Crippen molar-refractivity contribution in [3.8, 4) is 0 Å². The lowest BCUT2D eigenvalue weighted by Gasteiger charge is -2.32. The van der Waals surface area contributed by atoms with E-state index in [1.807, 2.05) is 32.2 Å². The van der Waals surface area contributed by atoms with Gasteiger partial charge in [0.2, 0.25) is 0 Å². The van der Waals surface area contributed by atoms with Gasteiger partial charge in [-0.05, 0) is 31.0 Å². The first kappa shape index (κ1) is 15.2. The molecule has 2 aromatic rings. The Labute approximate surface area is 124 Å². The van der Waals surface area contributed by atoms with Crippen LogP contribution in [0.4, 0.5) is 4.39 Å². The van der Waals surface area contributed by atoms with Crippen molar-refractivity contribution in [2.24, 2.45) is 5.73 Å². The fourth-order valence-electron chi connectivity index (χ4n) is 2.48. The van der Waals surface area contributed by atoms with E-state index in [0.29, 0.717) is 5.56 Å². The predicted octanol–water partition coefficient (Wildman–Crippen LogP) is 3.80. The van der Waals surface area contributed by atoms with Crippen molar-refractivity contribution in [2.45, 2.75) is 32.0 Å². The van der Waals surface area contributed by atoms with Crippen molar-refractivity contribution in [3.05, 3.63) is 58.0 Å². The monoisotopic (exact) mass is 292 g/mol. The van der Waals surface area contributed by atoms with Crippen molar-refractivity contribution in [3.63, 3.8) is 0 Å². The zero-order chi connectivity index (χ0) is 14.5. The second kappa shape index (κ2) is 6.97. The molecule has 0 saturated heterocycles. The van der Waals surface area contributed by atoms with Crippen LogP contribution in [0.3, 0.4) is 0 Å². The van der Waals surface area contributed by atoms with Gasteiger partial charge < -0.3 is 5.73 Å². The Morgan fingerprint density at radius 1 is 1.25 bits per heavy atom. The number of nitrogens with zero attached hydrogens (tertiary/aromatic N) is 1. The van der Waals surface area contributed by atoms with Crippen LogP contribution in [0.5, 0.6) is 0 Å². The minimum absolute atomic E-state index is 0.0862. The Kier molecular flexibility index (Phi) is 5.29. The SMILES string of the molecule is CCC(N)C(c1ccccc1F)N(C)Cc1cccs1. The van der Waals surface area contributed by atoms with Crippen LogP contribution >= 0.6 is 11.3 Å². The summed E-state index contributed by atoms with van der Waals surface area (Å²) in [6.45, 7) is 2.82. The number of hydrogen-bond donors (Lipinski definition) is 1. The van der Waals surface area contributed by atoms with Crippen molar-refractivity contribution in [1.29, 1.82) is 0 Å². The molecule has 0 spiro atoms. The zero-order valence-electron chi connectivity index (χ0n) is 11.9. The highest BCUT2D eigenvalue weighted by molar-refractivity contribution is 7.09. The van der Waals surface area contributed by atoms with Crippen molar-refractivity contribution in [1.82, 2.24) is 4.90 Å². The number of likely N-dealkylation sites (N-methyl/N-ethyl adjacent to an activating group) is 1. The first-order valence-corrected chi connectivity index (χ1v) is 7.74. The molecular weight excluding hydrogens is 271 g/mol. The van der Waals surface area contributed by atoms with Gasteiger partial charge in [0.05, 0.1) is 6.04 Å². The molecule has 0 bridgehead atoms. The zero-order valence-corrected chi connectivity index (χ0v) is 12.7. The Morgan fingerprint density at radius 3 is 2.60 bits per heavy atom. The van der Waals surface area contributed by atoms with E-state index < -0.39 is 0 Å². The topological polar surface area (TPSA) is 29.3 Å². The summed E-state index contributed by atoms with van der Waals surface area (Å²) in [6, 6.07) is 10.9. The normalized spacial score (nSPS) is 14.4. The standard InChI is InChI=1S/C16H21FN2S/c1-3-15(18)16(13-8-4-5-9-14(13)17)19(2)11-12-7-6-10-20-12/h4-10,15-16H,3,11,18H2,1-2H3. The fourth-order valence-corrected chi connectivity index (χ4v) is 3.25. The Morgan fingerprint density at radius 2 is 2.00 bits per heavy atom. The number of benzene rings is 1. The minimum atomic E-state index is -0.181. The second-order valence-corrected chi connectivity index (χ2v) is 6.07. The van der Waals surface area contributed by atoms with Crippen molar-refractivity contribution in [2.75, 3.05) is 7.05 Å². The lowest BCUT2D eigenvalue weighted by atomic mass is 9.96. The molecule has 2 nitrogen and oxygen atoms in total. The summed E-state index contributed by atoms with van der Waals surface area (Å²) in [4.78, 5) is 3.40. The van der Waals surface area contributed by atoms with Crippen LogP contribution in [0, 0.1) is 5.82 Å². The van der Waals surface area contributed by atoms with Gasteiger partial charge in [0.15, 0.2) is 0 Å². The summed E-state index contributed by atoms with van der Waals surface area (Å²) in [5.74, 6) is -0.181. The van der Waals surface area contributed by atoms with Gasteiger partial charge in [0, 0.05) is 23.0 Å². The highest BCUT2D eigenvalue weighted by Gasteiger charge is 2.25. The average molecular weight is 292 g/mol. The van der Waals surface area contributed by atoms with Gasteiger partial charge in [0.1, 0.15) is 5.82 Å². The lowest BCUT2D eigenvalue weighted by molar-refractivity contribution is 0.199. The third kappa shape index (κ3) is 3.45. The van der Waals surface area contributed by atoms with Crippen LogP contribution in [0.2, 0.25) is 0 Å². The molecule has 0 amide bonds. The number of nitrogens with two attached hydrogens (primary N) is 1. The largest absolute Gasteiger partial charge is 0.326 e. The maximum atomic E-state index is 14.1. The maximum absolute atomic E-state index is 14.1. The van der Waals surface area contributed by atoms with Crippen LogP contribution in [-0.4, -0.2) is 18.0 Å². The molecule has 2 atom stereocenters. The molecule has 2 rings (SSSR count). The number of thiophene rings is 1. The van der Waals surface area contributed by atoms with E-state index in [9.17, 15) is 4.39 Å². The molecule has 108 valence electrons. The minimum Gasteiger partial charge on any atom is -0.326 e. The molecule has 0 saturated carbocycles. The van der Waals surface area contributed by atoms with E-state index >= 15 is 0 Å². The Balaban J connectivity index is 2.25. The van der Waals surface area contributed by atoms with Gasteiger partial charge in [-0.3, -0.25) is 4.90 Å². The number of halogens is 1. The molecule has 0 aliphatic heterocycles. The summed E-state index contributed by atoms with van der Waals surface area (Å²) in [5.41, 5.74) is 6.92. The van der Waals surface area contributed by atoms with E-state index in [0.717, 1.165) is 13.0 Å². The molecule has 1 heterocycles. The third-order valence-corrected chi connectivity index (χ3v) is 4.42. The van der Waals surface area contributed by atoms with E-state index in [1.54, 1.807) is 17.4 Å². The van der Waals surface area contributed by atoms with Crippen molar-refractivity contribution >= 4 is 11.3 Å². The third-order valence-electron chi connectivity index (χ3n) is 3.56. The first-order valence-electron chi connectivity index (χ1n) is 6.86. The predicted molar refractivity (Wildman–Crippen MR) is 83.2 cm³/mol. The second-order valence-electron chi connectivity index (χ2n) is 5.03. The Bertz CT molecular complexity index is 527. The number of hydrogen-bond acceptors (Lipinski definition) is 3. The lowest BCUT2D eigenvalue weighted by Crippen LogP contribution is -2.38. The van der Waals surface area contributed by atoms with E-state index in [2.05, 4.69) is 16.3 Å². The molecule has 1 aromatic heterocycles. The van der Waals surface area contributed by atoms with Gasteiger partial charge in [-0.2, -0.15) is 0 Å². The van der Waals surface area contributed by atoms with Crippen LogP contribution < -0.4 is 5.73 Å². The summed E-state index contributed by atoms with van der Waals surface area (Å²) in [7, 11) is 2.01. The average Bonchev–Trinajstić information content (AvgIpc) is 2.93. The van der Waals surface area contributed by atoms with Gasteiger partial charge in [-0.1, -0.05) is 31.2 Å². The maximum Gasteiger partial charge on any atom is 0.128 e. The van der Waals surface area contributed by atoms with E-state index in [-0.39, 0.29) is 17.9 Å². The summed E-state index contributed by atoms with van der Waals surface area (Å²) in [5, 5.41) is 2.06.